The molecule has 1 aromatic carbocycles. The van der Waals surface area contributed by atoms with Crippen LogP contribution in [0.1, 0.15) is 0 Å². The van der Waals surface area contributed by atoms with Gasteiger partial charge >= 0.3 is 0 Å². The molecule has 0 aliphatic heterocycles. The van der Waals surface area contributed by atoms with Crippen molar-refractivity contribution in [2.24, 2.45) is 0 Å². The number of hydrogen-bond donors (Lipinski definition) is 2. The summed E-state index contributed by atoms with van der Waals surface area (Å²) in [5.74, 6) is 0.845. The number of nitrogens with zero attached hydrogens (tertiary/aromatic N) is 4. The fourth-order valence-electron chi connectivity index (χ4n) is 2.31. The highest BCUT2D eigenvalue weighted by molar-refractivity contribution is 5.65. The van der Waals surface area contributed by atoms with Gasteiger partial charge in [-0.2, -0.15) is 4.98 Å². The summed E-state index contributed by atoms with van der Waals surface area (Å²) in [6.07, 6.45) is 1.73. The van der Waals surface area contributed by atoms with E-state index in [2.05, 4.69) is 30.5 Å². The number of pyridine rings is 1. The SMILES string of the molecule is CN(C)CCNc1nc(Nc2ccc(F)cc2)cc(-c2ccccn2)n1. The van der Waals surface area contributed by atoms with Crippen molar-refractivity contribution in [3.05, 3.63) is 60.5 Å². The third-order valence-corrected chi connectivity index (χ3v) is 3.61. The zero-order valence-corrected chi connectivity index (χ0v) is 14.8. The Labute approximate surface area is 152 Å². The Morgan fingerprint density at radius 2 is 1.81 bits per heavy atom. The number of rotatable bonds is 7. The van der Waals surface area contributed by atoms with Crippen molar-refractivity contribution in [3.63, 3.8) is 0 Å². The van der Waals surface area contributed by atoms with Crippen molar-refractivity contribution in [1.82, 2.24) is 19.9 Å². The molecule has 0 amide bonds. The Balaban J connectivity index is 1.87. The summed E-state index contributed by atoms with van der Waals surface area (Å²) in [6, 6.07) is 13.6. The van der Waals surface area contributed by atoms with Crippen LogP contribution in [0, 0.1) is 5.82 Å². The van der Waals surface area contributed by atoms with E-state index in [1.54, 1.807) is 18.3 Å². The lowest BCUT2D eigenvalue weighted by molar-refractivity contribution is 0.425. The molecule has 2 N–H and O–H groups in total. The molecule has 0 saturated carbocycles. The number of nitrogens with one attached hydrogen (secondary N) is 2. The van der Waals surface area contributed by atoms with E-state index in [0.29, 0.717) is 24.0 Å². The van der Waals surface area contributed by atoms with E-state index in [1.165, 1.54) is 12.1 Å². The van der Waals surface area contributed by atoms with Gasteiger partial charge in [-0.3, -0.25) is 4.98 Å². The minimum Gasteiger partial charge on any atom is -0.353 e. The number of hydrogen-bond acceptors (Lipinski definition) is 6. The highest BCUT2D eigenvalue weighted by atomic mass is 19.1. The minimum absolute atomic E-state index is 0.279. The van der Waals surface area contributed by atoms with Crippen LogP contribution < -0.4 is 10.6 Å². The Morgan fingerprint density at radius 3 is 2.50 bits per heavy atom. The molecule has 0 fully saturated rings. The second kappa shape index (κ2) is 8.35. The number of anilines is 3. The van der Waals surface area contributed by atoms with Crippen LogP contribution in [0.15, 0.2) is 54.7 Å². The first-order valence-corrected chi connectivity index (χ1v) is 8.32. The van der Waals surface area contributed by atoms with E-state index < -0.39 is 0 Å². The zero-order valence-electron chi connectivity index (χ0n) is 14.8. The van der Waals surface area contributed by atoms with Crippen molar-refractivity contribution in [2.75, 3.05) is 37.8 Å². The minimum atomic E-state index is -0.279. The maximum Gasteiger partial charge on any atom is 0.225 e. The Kier molecular flexibility index (Phi) is 5.70. The van der Waals surface area contributed by atoms with Gasteiger partial charge in [-0.05, 0) is 50.5 Å². The standard InChI is InChI=1S/C19H21FN6/c1-26(2)12-11-22-19-24-17(16-5-3-4-10-21-16)13-18(25-19)23-15-8-6-14(20)7-9-15/h3-10,13H,11-12H2,1-2H3,(H2,22,23,24,25). The highest BCUT2D eigenvalue weighted by Gasteiger charge is 2.08. The van der Waals surface area contributed by atoms with Crippen LogP contribution in [0.3, 0.4) is 0 Å². The van der Waals surface area contributed by atoms with Gasteiger partial charge in [-0.15, -0.1) is 0 Å². The second-order valence-corrected chi connectivity index (χ2v) is 6.04. The maximum atomic E-state index is 13.1. The van der Waals surface area contributed by atoms with Gasteiger partial charge in [0.25, 0.3) is 0 Å². The lowest BCUT2D eigenvalue weighted by Crippen LogP contribution is -2.21. The third-order valence-electron chi connectivity index (χ3n) is 3.61. The molecule has 0 bridgehead atoms. The largest absolute Gasteiger partial charge is 0.353 e. The summed E-state index contributed by atoms with van der Waals surface area (Å²) >= 11 is 0. The van der Waals surface area contributed by atoms with Crippen LogP contribution >= 0.6 is 0 Å². The molecule has 0 atom stereocenters. The predicted octanol–water partition coefficient (Wildman–Crippen LogP) is 3.39. The topological polar surface area (TPSA) is 66.0 Å². The highest BCUT2D eigenvalue weighted by Crippen LogP contribution is 2.22. The summed E-state index contributed by atoms with van der Waals surface area (Å²) in [5, 5.41) is 6.41. The Hall–Kier alpha value is -3.06. The van der Waals surface area contributed by atoms with E-state index >= 15 is 0 Å². The summed E-state index contributed by atoms with van der Waals surface area (Å²) in [5.41, 5.74) is 2.21. The second-order valence-electron chi connectivity index (χ2n) is 6.04. The molecule has 6 nitrogen and oxygen atoms in total. The Morgan fingerprint density at radius 1 is 1.00 bits per heavy atom. The number of benzene rings is 1. The molecule has 134 valence electrons. The van der Waals surface area contributed by atoms with Crippen molar-refractivity contribution >= 4 is 17.5 Å². The maximum absolute atomic E-state index is 13.1. The van der Waals surface area contributed by atoms with Crippen LogP contribution in [0.4, 0.5) is 21.8 Å². The van der Waals surface area contributed by atoms with E-state index in [1.807, 2.05) is 38.4 Å². The monoisotopic (exact) mass is 352 g/mol. The fraction of sp³-hybridized carbons (Fsp3) is 0.211. The van der Waals surface area contributed by atoms with E-state index in [4.69, 9.17) is 0 Å². The molecule has 26 heavy (non-hydrogen) atoms. The first-order chi connectivity index (χ1) is 12.6. The molecule has 0 aliphatic carbocycles. The molecule has 2 heterocycles. The van der Waals surface area contributed by atoms with Gasteiger partial charge in [0.15, 0.2) is 0 Å². The first kappa shape index (κ1) is 17.8. The Bertz CT molecular complexity index is 836. The number of halogens is 1. The number of aromatic nitrogens is 3. The summed E-state index contributed by atoms with van der Waals surface area (Å²) in [7, 11) is 4.02. The molecule has 3 aromatic rings. The fourth-order valence-corrected chi connectivity index (χ4v) is 2.31. The summed E-state index contributed by atoms with van der Waals surface area (Å²) < 4.78 is 13.1. The lowest BCUT2D eigenvalue weighted by Gasteiger charge is -2.13. The molecule has 0 unspecified atom stereocenters. The molecular weight excluding hydrogens is 331 g/mol. The molecule has 0 aliphatic rings. The van der Waals surface area contributed by atoms with E-state index in [0.717, 1.165) is 17.9 Å². The molecule has 2 aromatic heterocycles. The van der Waals surface area contributed by atoms with Crippen LogP contribution in [-0.2, 0) is 0 Å². The summed E-state index contributed by atoms with van der Waals surface area (Å²) in [6.45, 7) is 1.58. The lowest BCUT2D eigenvalue weighted by atomic mass is 10.2. The molecule has 0 radical (unpaired) electrons. The van der Waals surface area contributed by atoms with E-state index in [9.17, 15) is 4.39 Å². The van der Waals surface area contributed by atoms with Gasteiger partial charge in [0.05, 0.1) is 11.4 Å². The average molecular weight is 352 g/mol. The van der Waals surface area contributed by atoms with Gasteiger partial charge < -0.3 is 15.5 Å². The summed E-state index contributed by atoms with van der Waals surface area (Å²) in [4.78, 5) is 15.5. The zero-order chi connectivity index (χ0) is 18.4. The van der Waals surface area contributed by atoms with Gasteiger partial charge in [0.1, 0.15) is 11.6 Å². The van der Waals surface area contributed by atoms with Crippen molar-refractivity contribution < 1.29 is 4.39 Å². The van der Waals surface area contributed by atoms with Crippen LogP contribution in [0.2, 0.25) is 0 Å². The van der Waals surface area contributed by atoms with Gasteiger partial charge in [0.2, 0.25) is 5.95 Å². The van der Waals surface area contributed by atoms with Crippen LogP contribution in [0.25, 0.3) is 11.4 Å². The van der Waals surface area contributed by atoms with Crippen molar-refractivity contribution in [2.45, 2.75) is 0 Å². The molecule has 0 spiro atoms. The van der Waals surface area contributed by atoms with Gasteiger partial charge in [-0.25, -0.2) is 9.37 Å². The molecule has 3 rings (SSSR count). The average Bonchev–Trinajstić information content (AvgIpc) is 2.64. The van der Waals surface area contributed by atoms with Crippen LogP contribution in [-0.4, -0.2) is 47.0 Å². The molecule has 7 heteroatoms. The third kappa shape index (κ3) is 4.97. The first-order valence-electron chi connectivity index (χ1n) is 8.32. The van der Waals surface area contributed by atoms with Crippen molar-refractivity contribution in [1.29, 1.82) is 0 Å². The van der Waals surface area contributed by atoms with Gasteiger partial charge in [0, 0.05) is 31.0 Å². The van der Waals surface area contributed by atoms with Gasteiger partial charge in [-0.1, -0.05) is 6.07 Å². The van der Waals surface area contributed by atoms with E-state index in [-0.39, 0.29) is 5.82 Å². The quantitative estimate of drug-likeness (QED) is 0.679. The van der Waals surface area contributed by atoms with Crippen LogP contribution in [0.5, 0.6) is 0 Å². The van der Waals surface area contributed by atoms with Crippen molar-refractivity contribution in [3.8, 4) is 11.4 Å². The molecular formula is C19H21FN6. The predicted molar refractivity (Wildman–Crippen MR) is 102 cm³/mol. The number of likely N-dealkylation sites (N-methyl/N-ethyl adjacent to an activating group) is 1. The molecule has 0 saturated heterocycles. The smallest absolute Gasteiger partial charge is 0.225 e. The normalized spacial score (nSPS) is 10.8.